The van der Waals surface area contributed by atoms with Crippen LogP contribution in [0, 0.1) is 0 Å². The quantitative estimate of drug-likeness (QED) is 0.345. The van der Waals surface area contributed by atoms with Gasteiger partial charge in [0.25, 0.3) is 0 Å². The first-order valence-electron chi connectivity index (χ1n) is 11.8. The summed E-state index contributed by atoms with van der Waals surface area (Å²) >= 11 is 6.28. The maximum absolute atomic E-state index is 12.7. The number of aromatic nitrogens is 4. The van der Waals surface area contributed by atoms with E-state index in [1.165, 1.54) is 0 Å². The number of benzene rings is 3. The van der Waals surface area contributed by atoms with E-state index in [0.717, 1.165) is 39.4 Å². The Labute approximate surface area is 212 Å². The minimum atomic E-state index is -0.309. The van der Waals surface area contributed by atoms with Gasteiger partial charge in [-0.2, -0.15) is 0 Å². The van der Waals surface area contributed by atoms with E-state index in [1.54, 1.807) is 4.90 Å². The standard InChI is InChI=1S/C27H23ClN6O2/c28-21-11-12-22-23(17-21)29-26(34-24(30-31-25(22)34)20-9-5-2-6-10-20)32-13-15-33(16-14-32)27(35)36-18-19-7-3-1-4-8-19/h1-12,17H,13-16,18H2. The van der Waals surface area contributed by atoms with Gasteiger partial charge in [0.15, 0.2) is 11.5 Å². The van der Waals surface area contributed by atoms with E-state index in [1.807, 2.05) is 83.3 Å². The van der Waals surface area contributed by atoms with E-state index in [-0.39, 0.29) is 12.7 Å². The van der Waals surface area contributed by atoms with Crippen LogP contribution in [0.15, 0.2) is 78.9 Å². The molecular weight excluding hydrogens is 476 g/mol. The molecule has 2 aromatic heterocycles. The molecule has 3 heterocycles. The van der Waals surface area contributed by atoms with Crippen molar-refractivity contribution in [3.8, 4) is 11.4 Å². The van der Waals surface area contributed by atoms with Crippen molar-refractivity contribution in [1.82, 2.24) is 24.5 Å². The zero-order valence-electron chi connectivity index (χ0n) is 19.4. The summed E-state index contributed by atoms with van der Waals surface area (Å²) in [6.45, 7) is 2.50. The average molecular weight is 499 g/mol. The van der Waals surface area contributed by atoms with Crippen molar-refractivity contribution in [2.75, 3.05) is 31.1 Å². The number of hydrogen-bond acceptors (Lipinski definition) is 6. The number of halogens is 1. The van der Waals surface area contributed by atoms with E-state index in [0.29, 0.717) is 31.2 Å². The molecule has 1 aliphatic heterocycles. The normalized spacial score (nSPS) is 13.9. The maximum Gasteiger partial charge on any atom is 0.410 e. The zero-order valence-corrected chi connectivity index (χ0v) is 20.2. The molecule has 0 unspecified atom stereocenters. The summed E-state index contributed by atoms with van der Waals surface area (Å²) in [5.74, 6) is 1.44. The van der Waals surface area contributed by atoms with Gasteiger partial charge in [-0.25, -0.2) is 14.2 Å². The van der Waals surface area contributed by atoms with Crippen LogP contribution in [0.4, 0.5) is 10.7 Å². The van der Waals surface area contributed by atoms with Crippen LogP contribution in [0.3, 0.4) is 0 Å². The van der Waals surface area contributed by atoms with Crippen LogP contribution in [-0.2, 0) is 11.3 Å². The van der Waals surface area contributed by atoms with Crippen LogP contribution in [0.1, 0.15) is 5.56 Å². The number of carbonyl (C=O) groups is 1. The number of fused-ring (bicyclic) bond motifs is 3. The predicted octanol–water partition coefficient (Wildman–Crippen LogP) is 5.06. The molecule has 0 saturated carbocycles. The molecular formula is C27H23ClN6O2. The van der Waals surface area contributed by atoms with Gasteiger partial charge in [0, 0.05) is 42.2 Å². The van der Waals surface area contributed by atoms with Crippen LogP contribution < -0.4 is 4.90 Å². The highest BCUT2D eigenvalue weighted by atomic mass is 35.5. The van der Waals surface area contributed by atoms with E-state index in [4.69, 9.17) is 21.3 Å². The van der Waals surface area contributed by atoms with Crippen molar-refractivity contribution in [1.29, 1.82) is 0 Å². The summed E-state index contributed by atoms with van der Waals surface area (Å²) < 4.78 is 7.52. The van der Waals surface area contributed by atoms with Crippen molar-refractivity contribution in [2.24, 2.45) is 0 Å². The molecule has 1 aliphatic rings. The Hall–Kier alpha value is -4.17. The lowest BCUT2D eigenvalue weighted by molar-refractivity contribution is 0.0940. The molecule has 0 radical (unpaired) electrons. The van der Waals surface area contributed by atoms with Crippen molar-refractivity contribution >= 4 is 40.2 Å². The number of carbonyl (C=O) groups excluding carboxylic acids is 1. The second kappa shape index (κ2) is 9.47. The largest absolute Gasteiger partial charge is 0.445 e. The Morgan fingerprint density at radius 2 is 1.61 bits per heavy atom. The highest BCUT2D eigenvalue weighted by Gasteiger charge is 2.26. The number of piperazine rings is 1. The number of ether oxygens (including phenoxy) is 1. The van der Waals surface area contributed by atoms with Crippen molar-refractivity contribution in [2.45, 2.75) is 6.61 Å². The Kier molecular flexibility index (Phi) is 5.87. The third-order valence-electron chi connectivity index (χ3n) is 6.34. The fourth-order valence-corrected chi connectivity index (χ4v) is 4.64. The fourth-order valence-electron chi connectivity index (χ4n) is 4.48. The van der Waals surface area contributed by atoms with Crippen LogP contribution in [0.5, 0.6) is 0 Å². The SMILES string of the molecule is O=C(OCc1ccccc1)N1CCN(c2nc3cc(Cl)ccc3c3nnc(-c4ccccc4)n23)CC1. The lowest BCUT2D eigenvalue weighted by Gasteiger charge is -2.35. The second-order valence-electron chi connectivity index (χ2n) is 8.64. The average Bonchev–Trinajstić information content (AvgIpc) is 3.38. The monoisotopic (exact) mass is 498 g/mol. The highest BCUT2D eigenvalue weighted by Crippen LogP contribution is 2.30. The summed E-state index contributed by atoms with van der Waals surface area (Å²) in [4.78, 5) is 21.5. The van der Waals surface area contributed by atoms with Gasteiger partial charge in [-0.15, -0.1) is 10.2 Å². The minimum Gasteiger partial charge on any atom is -0.445 e. The molecule has 1 amide bonds. The molecule has 3 aromatic carbocycles. The van der Waals surface area contributed by atoms with Gasteiger partial charge >= 0.3 is 6.09 Å². The van der Waals surface area contributed by atoms with E-state index < -0.39 is 0 Å². The Morgan fingerprint density at radius 1 is 0.889 bits per heavy atom. The van der Waals surface area contributed by atoms with E-state index in [9.17, 15) is 4.79 Å². The topological polar surface area (TPSA) is 75.9 Å². The summed E-state index contributed by atoms with van der Waals surface area (Å²) in [5.41, 5.74) is 3.38. The van der Waals surface area contributed by atoms with Crippen molar-refractivity contribution in [3.05, 3.63) is 89.4 Å². The number of amides is 1. The van der Waals surface area contributed by atoms with Crippen molar-refractivity contribution < 1.29 is 9.53 Å². The van der Waals surface area contributed by atoms with Gasteiger partial charge in [-0.05, 0) is 23.8 Å². The summed E-state index contributed by atoms with van der Waals surface area (Å²) in [5, 5.41) is 10.5. The van der Waals surface area contributed by atoms with Gasteiger partial charge in [0.1, 0.15) is 6.61 Å². The van der Waals surface area contributed by atoms with Gasteiger partial charge in [0.2, 0.25) is 5.95 Å². The maximum atomic E-state index is 12.7. The van der Waals surface area contributed by atoms with Gasteiger partial charge < -0.3 is 14.5 Å². The van der Waals surface area contributed by atoms with Crippen LogP contribution in [0.25, 0.3) is 27.9 Å². The third kappa shape index (κ3) is 4.20. The Balaban J connectivity index is 1.30. The minimum absolute atomic E-state index is 0.259. The predicted molar refractivity (Wildman–Crippen MR) is 139 cm³/mol. The lowest BCUT2D eigenvalue weighted by Crippen LogP contribution is -2.49. The number of nitrogens with zero attached hydrogens (tertiary/aromatic N) is 6. The molecule has 1 fully saturated rings. The van der Waals surface area contributed by atoms with Crippen molar-refractivity contribution in [3.63, 3.8) is 0 Å². The first-order chi connectivity index (χ1) is 17.7. The van der Waals surface area contributed by atoms with Gasteiger partial charge in [0.05, 0.1) is 5.52 Å². The van der Waals surface area contributed by atoms with Gasteiger partial charge in [-0.3, -0.25) is 0 Å². The molecule has 8 nitrogen and oxygen atoms in total. The third-order valence-corrected chi connectivity index (χ3v) is 6.58. The van der Waals surface area contributed by atoms with E-state index in [2.05, 4.69) is 15.1 Å². The number of hydrogen-bond donors (Lipinski definition) is 0. The second-order valence-corrected chi connectivity index (χ2v) is 9.07. The molecule has 0 N–H and O–H groups in total. The Morgan fingerprint density at radius 3 is 2.36 bits per heavy atom. The number of anilines is 1. The first kappa shape index (κ1) is 22.3. The smallest absolute Gasteiger partial charge is 0.410 e. The molecule has 5 aromatic rings. The molecule has 180 valence electrons. The van der Waals surface area contributed by atoms with Gasteiger partial charge in [-0.1, -0.05) is 72.3 Å². The Bertz CT molecular complexity index is 1530. The molecule has 0 spiro atoms. The first-order valence-corrected chi connectivity index (χ1v) is 12.2. The van der Waals surface area contributed by atoms with Crippen LogP contribution in [0.2, 0.25) is 5.02 Å². The molecule has 1 saturated heterocycles. The summed E-state index contributed by atoms with van der Waals surface area (Å²) in [6.07, 6.45) is -0.309. The molecule has 0 bridgehead atoms. The molecule has 6 rings (SSSR count). The molecule has 36 heavy (non-hydrogen) atoms. The van der Waals surface area contributed by atoms with Crippen LogP contribution >= 0.6 is 11.6 Å². The summed E-state index contributed by atoms with van der Waals surface area (Å²) in [6, 6.07) is 25.2. The van der Waals surface area contributed by atoms with Crippen LogP contribution in [-0.4, -0.2) is 56.8 Å². The summed E-state index contributed by atoms with van der Waals surface area (Å²) in [7, 11) is 0. The fraction of sp³-hybridized carbons (Fsp3) is 0.185. The number of rotatable bonds is 4. The highest BCUT2D eigenvalue weighted by molar-refractivity contribution is 6.31. The van der Waals surface area contributed by atoms with E-state index >= 15 is 0 Å². The molecule has 9 heteroatoms. The molecule has 0 atom stereocenters. The molecule has 0 aliphatic carbocycles. The lowest BCUT2D eigenvalue weighted by atomic mass is 10.2. The zero-order chi connectivity index (χ0) is 24.5.